The molecule has 0 spiro atoms. The Hall–Kier alpha value is -1.02. The Morgan fingerprint density at radius 3 is 3.07 bits per heavy atom. The van der Waals surface area contributed by atoms with Crippen molar-refractivity contribution >= 4 is 5.69 Å². The lowest BCUT2D eigenvalue weighted by atomic mass is 9.88. The summed E-state index contributed by atoms with van der Waals surface area (Å²) in [6.45, 7) is 6.18. The lowest BCUT2D eigenvalue weighted by Gasteiger charge is -2.17. The van der Waals surface area contributed by atoms with Crippen LogP contribution in [0.4, 0.5) is 5.69 Å². The Bertz CT molecular complexity index is 333. The summed E-state index contributed by atoms with van der Waals surface area (Å²) in [4.78, 5) is 0. The second-order valence-corrected chi connectivity index (χ2v) is 4.24. The number of hydrogen-bond donors (Lipinski definition) is 2. The van der Waals surface area contributed by atoms with Crippen LogP contribution in [0.2, 0.25) is 0 Å². The Labute approximate surface area is 85.5 Å². The minimum absolute atomic E-state index is 0.561. The zero-order chi connectivity index (χ0) is 10.1. The van der Waals surface area contributed by atoms with Gasteiger partial charge in [0.2, 0.25) is 0 Å². The average molecular weight is 190 g/mol. The van der Waals surface area contributed by atoms with Gasteiger partial charge in [0.1, 0.15) is 0 Å². The number of hydrogen-bond acceptors (Lipinski definition) is 2. The van der Waals surface area contributed by atoms with Crippen LogP contribution in [0.1, 0.15) is 24.0 Å². The highest BCUT2D eigenvalue weighted by Crippen LogP contribution is 2.37. The number of nitrogens with two attached hydrogens (primary N) is 1. The van der Waals surface area contributed by atoms with E-state index in [1.165, 1.54) is 16.8 Å². The maximum atomic E-state index is 5.72. The standard InChI is InChI=1S/C12H18N2/c1-8-4-3-5-10-11(9(2)6-13)7-14-12(8)10/h3-5,9,11,14H,6-7,13H2,1-2H3. The molecule has 1 heterocycles. The lowest BCUT2D eigenvalue weighted by Crippen LogP contribution is -2.20. The van der Waals surface area contributed by atoms with E-state index in [9.17, 15) is 0 Å². The van der Waals surface area contributed by atoms with E-state index in [0.29, 0.717) is 11.8 Å². The van der Waals surface area contributed by atoms with Gasteiger partial charge in [-0.3, -0.25) is 0 Å². The topological polar surface area (TPSA) is 38.0 Å². The molecule has 2 unspecified atom stereocenters. The first-order valence-corrected chi connectivity index (χ1v) is 5.27. The van der Waals surface area contributed by atoms with Gasteiger partial charge in [0, 0.05) is 18.2 Å². The van der Waals surface area contributed by atoms with Gasteiger partial charge in [-0.2, -0.15) is 0 Å². The molecule has 0 saturated heterocycles. The van der Waals surface area contributed by atoms with E-state index in [4.69, 9.17) is 5.73 Å². The first-order valence-electron chi connectivity index (χ1n) is 5.27. The van der Waals surface area contributed by atoms with Crippen LogP contribution in [-0.2, 0) is 0 Å². The molecule has 14 heavy (non-hydrogen) atoms. The highest BCUT2D eigenvalue weighted by Gasteiger charge is 2.26. The van der Waals surface area contributed by atoms with Crippen LogP contribution < -0.4 is 11.1 Å². The van der Waals surface area contributed by atoms with Crippen LogP contribution >= 0.6 is 0 Å². The average Bonchev–Trinajstić information content (AvgIpc) is 2.62. The van der Waals surface area contributed by atoms with E-state index in [0.717, 1.165) is 13.1 Å². The molecule has 0 radical (unpaired) electrons. The zero-order valence-corrected chi connectivity index (χ0v) is 8.88. The molecule has 2 rings (SSSR count). The van der Waals surface area contributed by atoms with Gasteiger partial charge in [0.25, 0.3) is 0 Å². The van der Waals surface area contributed by atoms with Crippen LogP contribution in [0.5, 0.6) is 0 Å². The minimum atomic E-state index is 0.561. The number of benzene rings is 1. The van der Waals surface area contributed by atoms with E-state index >= 15 is 0 Å². The van der Waals surface area contributed by atoms with E-state index in [1.807, 2.05) is 0 Å². The Kier molecular flexibility index (Phi) is 2.46. The number of anilines is 1. The SMILES string of the molecule is Cc1cccc2c1NCC2C(C)CN. The summed E-state index contributed by atoms with van der Waals surface area (Å²) in [5.74, 6) is 1.15. The Morgan fingerprint density at radius 1 is 1.57 bits per heavy atom. The highest BCUT2D eigenvalue weighted by atomic mass is 14.9. The van der Waals surface area contributed by atoms with E-state index in [2.05, 4.69) is 37.4 Å². The van der Waals surface area contributed by atoms with Gasteiger partial charge in [0.05, 0.1) is 0 Å². The maximum Gasteiger partial charge on any atom is 0.0406 e. The normalized spacial score (nSPS) is 21.5. The summed E-state index contributed by atoms with van der Waals surface area (Å²) in [7, 11) is 0. The molecular weight excluding hydrogens is 172 g/mol. The summed E-state index contributed by atoms with van der Waals surface area (Å²) in [6, 6.07) is 6.51. The van der Waals surface area contributed by atoms with Crippen LogP contribution in [0.25, 0.3) is 0 Å². The molecular formula is C12H18N2. The molecule has 0 bridgehead atoms. The van der Waals surface area contributed by atoms with Gasteiger partial charge in [-0.25, -0.2) is 0 Å². The van der Waals surface area contributed by atoms with Gasteiger partial charge in [-0.15, -0.1) is 0 Å². The fraction of sp³-hybridized carbons (Fsp3) is 0.500. The van der Waals surface area contributed by atoms with Crippen LogP contribution in [0.3, 0.4) is 0 Å². The molecule has 1 aromatic rings. The molecule has 1 aromatic carbocycles. The first-order chi connectivity index (χ1) is 6.74. The molecule has 0 saturated carbocycles. The largest absolute Gasteiger partial charge is 0.384 e. The van der Waals surface area contributed by atoms with Crippen molar-refractivity contribution < 1.29 is 0 Å². The molecule has 76 valence electrons. The molecule has 0 amide bonds. The van der Waals surface area contributed by atoms with Crippen molar-refractivity contribution in [1.82, 2.24) is 0 Å². The van der Waals surface area contributed by atoms with Crippen LogP contribution in [0, 0.1) is 12.8 Å². The number of rotatable bonds is 2. The molecule has 2 heteroatoms. The lowest BCUT2D eigenvalue weighted by molar-refractivity contribution is 0.498. The molecule has 2 atom stereocenters. The fourth-order valence-electron chi connectivity index (χ4n) is 2.23. The van der Waals surface area contributed by atoms with Crippen molar-refractivity contribution in [2.75, 3.05) is 18.4 Å². The summed E-state index contributed by atoms with van der Waals surface area (Å²) in [6.07, 6.45) is 0. The van der Waals surface area contributed by atoms with Crippen LogP contribution in [0.15, 0.2) is 18.2 Å². The molecule has 0 aliphatic carbocycles. The van der Waals surface area contributed by atoms with E-state index in [1.54, 1.807) is 0 Å². The Balaban J connectivity index is 2.35. The third kappa shape index (κ3) is 1.40. The van der Waals surface area contributed by atoms with Gasteiger partial charge in [-0.05, 0) is 30.5 Å². The summed E-state index contributed by atoms with van der Waals surface area (Å²) >= 11 is 0. The van der Waals surface area contributed by atoms with Gasteiger partial charge < -0.3 is 11.1 Å². The molecule has 0 aromatic heterocycles. The van der Waals surface area contributed by atoms with Gasteiger partial charge in [0.15, 0.2) is 0 Å². The van der Waals surface area contributed by atoms with Crippen LogP contribution in [-0.4, -0.2) is 13.1 Å². The predicted molar refractivity (Wildman–Crippen MR) is 60.6 cm³/mol. The highest BCUT2D eigenvalue weighted by molar-refractivity contribution is 5.62. The van der Waals surface area contributed by atoms with Crippen molar-refractivity contribution in [3.05, 3.63) is 29.3 Å². The molecule has 2 nitrogen and oxygen atoms in total. The maximum absolute atomic E-state index is 5.72. The first kappa shape index (κ1) is 9.53. The van der Waals surface area contributed by atoms with E-state index < -0.39 is 0 Å². The number of para-hydroxylation sites is 1. The number of nitrogens with one attached hydrogen (secondary N) is 1. The quantitative estimate of drug-likeness (QED) is 0.749. The molecule has 1 aliphatic rings. The Morgan fingerprint density at radius 2 is 2.36 bits per heavy atom. The van der Waals surface area contributed by atoms with Crippen molar-refractivity contribution in [2.45, 2.75) is 19.8 Å². The summed E-state index contributed by atoms with van der Waals surface area (Å²) < 4.78 is 0. The summed E-state index contributed by atoms with van der Waals surface area (Å²) in [5, 5.41) is 3.48. The minimum Gasteiger partial charge on any atom is -0.384 e. The number of aryl methyl sites for hydroxylation is 1. The molecule has 3 N–H and O–H groups in total. The van der Waals surface area contributed by atoms with Gasteiger partial charge >= 0.3 is 0 Å². The van der Waals surface area contributed by atoms with Crippen molar-refractivity contribution in [3.63, 3.8) is 0 Å². The fourth-order valence-corrected chi connectivity index (χ4v) is 2.23. The third-order valence-corrected chi connectivity index (χ3v) is 3.26. The second kappa shape index (κ2) is 3.62. The van der Waals surface area contributed by atoms with Crippen molar-refractivity contribution in [2.24, 2.45) is 11.7 Å². The monoisotopic (exact) mass is 190 g/mol. The second-order valence-electron chi connectivity index (χ2n) is 4.24. The number of fused-ring (bicyclic) bond motifs is 1. The molecule has 0 fully saturated rings. The zero-order valence-electron chi connectivity index (χ0n) is 8.88. The van der Waals surface area contributed by atoms with E-state index in [-0.39, 0.29) is 0 Å². The third-order valence-electron chi connectivity index (χ3n) is 3.26. The smallest absolute Gasteiger partial charge is 0.0406 e. The summed E-state index contributed by atoms with van der Waals surface area (Å²) in [5.41, 5.74) is 9.84. The predicted octanol–water partition coefficient (Wildman–Crippen LogP) is 2.10. The van der Waals surface area contributed by atoms with Crippen molar-refractivity contribution in [1.29, 1.82) is 0 Å². The van der Waals surface area contributed by atoms with Crippen molar-refractivity contribution in [3.8, 4) is 0 Å². The molecule has 1 aliphatic heterocycles. The van der Waals surface area contributed by atoms with Gasteiger partial charge in [-0.1, -0.05) is 25.1 Å².